The maximum atomic E-state index is 11.9. The van der Waals surface area contributed by atoms with Crippen molar-refractivity contribution < 1.29 is 9.59 Å². The molecule has 1 aliphatic heterocycles. The van der Waals surface area contributed by atoms with E-state index < -0.39 is 12.1 Å². The molecule has 1 saturated heterocycles. The summed E-state index contributed by atoms with van der Waals surface area (Å²) >= 11 is 0. The Bertz CT molecular complexity index is 506. The van der Waals surface area contributed by atoms with E-state index in [1.54, 1.807) is 6.92 Å². The lowest BCUT2D eigenvalue weighted by Crippen LogP contribution is -2.47. The first-order valence-corrected chi connectivity index (χ1v) is 7.12. The molecular weight excluding hydrogens is 268 g/mol. The van der Waals surface area contributed by atoms with Gasteiger partial charge in [-0.25, -0.2) is 4.79 Å². The average molecular weight is 290 g/mol. The summed E-state index contributed by atoms with van der Waals surface area (Å²) in [5.74, 6) is 0.239. The molecule has 114 valence electrons. The van der Waals surface area contributed by atoms with Gasteiger partial charge in [-0.05, 0) is 24.9 Å². The minimum absolute atomic E-state index is 0.302. The first-order valence-electron chi connectivity index (χ1n) is 7.12. The quantitative estimate of drug-likeness (QED) is 0.739. The molecule has 6 nitrogen and oxygen atoms in total. The standard InChI is InChI=1S/C15H22N4O2/c1-10(14(20)18-15(17)21)19-8-12(7-16)13(9-19)11-5-3-2-4-6-11/h2-6,10,12-13H,7-9,16H2,1H3,(H3,17,18,20,21)/t10?,12-,13+/m1/s1. The molecule has 6 heteroatoms. The summed E-state index contributed by atoms with van der Waals surface area (Å²) in [6.07, 6.45) is 0. The van der Waals surface area contributed by atoms with E-state index >= 15 is 0 Å². The van der Waals surface area contributed by atoms with Crippen LogP contribution >= 0.6 is 0 Å². The lowest BCUT2D eigenvalue weighted by molar-refractivity contribution is -0.124. The molecule has 1 unspecified atom stereocenters. The van der Waals surface area contributed by atoms with Crippen LogP contribution in [0, 0.1) is 5.92 Å². The number of primary amides is 1. The van der Waals surface area contributed by atoms with E-state index in [1.807, 2.05) is 23.1 Å². The molecule has 1 heterocycles. The van der Waals surface area contributed by atoms with Crippen LogP contribution in [0.3, 0.4) is 0 Å². The van der Waals surface area contributed by atoms with Crippen LogP contribution in [0.2, 0.25) is 0 Å². The van der Waals surface area contributed by atoms with Crippen LogP contribution in [-0.2, 0) is 4.79 Å². The van der Waals surface area contributed by atoms with Gasteiger partial charge in [0.15, 0.2) is 0 Å². The molecular formula is C15H22N4O2. The Morgan fingerprint density at radius 2 is 2.00 bits per heavy atom. The molecule has 0 saturated carbocycles. The summed E-state index contributed by atoms with van der Waals surface area (Å²) in [6.45, 7) is 3.84. The molecule has 1 fully saturated rings. The molecule has 1 aliphatic rings. The summed E-state index contributed by atoms with van der Waals surface area (Å²) in [5.41, 5.74) is 12.1. The number of nitrogens with one attached hydrogen (secondary N) is 1. The van der Waals surface area contributed by atoms with Gasteiger partial charge < -0.3 is 11.5 Å². The lowest BCUT2D eigenvalue weighted by atomic mass is 9.89. The number of amides is 3. The second kappa shape index (κ2) is 6.69. The van der Waals surface area contributed by atoms with E-state index in [4.69, 9.17) is 11.5 Å². The number of hydrogen-bond donors (Lipinski definition) is 3. The zero-order chi connectivity index (χ0) is 15.4. The van der Waals surface area contributed by atoms with E-state index in [9.17, 15) is 9.59 Å². The number of imide groups is 1. The molecule has 5 N–H and O–H groups in total. The number of carbonyl (C=O) groups is 2. The van der Waals surface area contributed by atoms with Gasteiger partial charge in [0.1, 0.15) is 0 Å². The maximum Gasteiger partial charge on any atom is 0.318 e. The topological polar surface area (TPSA) is 101 Å². The first-order chi connectivity index (χ1) is 10.0. The molecule has 3 atom stereocenters. The molecule has 2 rings (SSSR count). The predicted molar refractivity (Wildman–Crippen MR) is 80.5 cm³/mol. The fourth-order valence-electron chi connectivity index (χ4n) is 2.93. The highest BCUT2D eigenvalue weighted by Gasteiger charge is 2.36. The fraction of sp³-hybridized carbons (Fsp3) is 0.467. The van der Waals surface area contributed by atoms with Gasteiger partial charge in [-0.3, -0.25) is 15.0 Å². The van der Waals surface area contributed by atoms with E-state index in [-0.39, 0.29) is 5.91 Å². The lowest BCUT2D eigenvalue weighted by Gasteiger charge is -2.22. The summed E-state index contributed by atoms with van der Waals surface area (Å²) in [7, 11) is 0. The highest BCUT2D eigenvalue weighted by atomic mass is 16.2. The molecule has 0 radical (unpaired) electrons. The molecule has 1 aromatic rings. The molecule has 3 amide bonds. The van der Waals surface area contributed by atoms with Gasteiger partial charge in [-0.2, -0.15) is 0 Å². The number of benzene rings is 1. The van der Waals surface area contributed by atoms with Crippen LogP contribution in [-0.4, -0.2) is 42.5 Å². The van der Waals surface area contributed by atoms with E-state index in [1.165, 1.54) is 5.56 Å². The summed E-state index contributed by atoms with van der Waals surface area (Å²) in [6, 6.07) is 8.96. The van der Waals surface area contributed by atoms with E-state index in [2.05, 4.69) is 17.4 Å². The summed E-state index contributed by atoms with van der Waals surface area (Å²) in [5, 5.41) is 2.13. The van der Waals surface area contributed by atoms with Crippen LogP contribution in [0.1, 0.15) is 18.4 Å². The van der Waals surface area contributed by atoms with Crippen molar-refractivity contribution in [3.8, 4) is 0 Å². The van der Waals surface area contributed by atoms with Crippen molar-refractivity contribution in [3.63, 3.8) is 0 Å². The van der Waals surface area contributed by atoms with E-state index in [0.29, 0.717) is 18.4 Å². The number of nitrogens with two attached hydrogens (primary N) is 2. The Morgan fingerprint density at radius 1 is 1.33 bits per heavy atom. The number of carbonyl (C=O) groups excluding carboxylic acids is 2. The summed E-state index contributed by atoms with van der Waals surface area (Å²) < 4.78 is 0. The smallest absolute Gasteiger partial charge is 0.318 e. The van der Waals surface area contributed by atoms with Gasteiger partial charge in [-0.15, -0.1) is 0 Å². The van der Waals surface area contributed by atoms with Gasteiger partial charge in [0, 0.05) is 19.0 Å². The Labute approximate surface area is 124 Å². The molecule has 21 heavy (non-hydrogen) atoms. The minimum Gasteiger partial charge on any atom is -0.351 e. The largest absolute Gasteiger partial charge is 0.351 e. The number of hydrogen-bond acceptors (Lipinski definition) is 4. The third-order valence-corrected chi connectivity index (χ3v) is 4.17. The van der Waals surface area contributed by atoms with Gasteiger partial charge in [0.25, 0.3) is 0 Å². The zero-order valence-corrected chi connectivity index (χ0v) is 12.2. The number of nitrogens with zero attached hydrogens (tertiary/aromatic N) is 1. The normalized spacial score (nSPS) is 23.7. The van der Waals surface area contributed by atoms with Gasteiger partial charge in [0.2, 0.25) is 5.91 Å². The SMILES string of the molecule is CC(C(=O)NC(N)=O)N1C[C@@H](CN)[C@H](c2ccccc2)C1. The second-order valence-electron chi connectivity index (χ2n) is 5.50. The highest BCUT2D eigenvalue weighted by Crippen LogP contribution is 2.32. The van der Waals surface area contributed by atoms with Crippen molar-refractivity contribution in [2.75, 3.05) is 19.6 Å². The Kier molecular flexibility index (Phi) is 4.93. The third kappa shape index (κ3) is 3.59. The van der Waals surface area contributed by atoms with Crippen molar-refractivity contribution in [3.05, 3.63) is 35.9 Å². The number of rotatable bonds is 4. The number of likely N-dealkylation sites (tertiary alicyclic amines) is 1. The first kappa shape index (κ1) is 15.5. The molecule has 0 spiro atoms. The Hall–Kier alpha value is -1.92. The van der Waals surface area contributed by atoms with Crippen LogP contribution in [0.15, 0.2) is 30.3 Å². The maximum absolute atomic E-state index is 11.9. The minimum atomic E-state index is -0.818. The summed E-state index contributed by atoms with van der Waals surface area (Å²) in [4.78, 5) is 24.7. The Balaban J connectivity index is 2.08. The van der Waals surface area contributed by atoms with Gasteiger partial charge in [-0.1, -0.05) is 30.3 Å². The molecule has 0 bridgehead atoms. The highest BCUT2D eigenvalue weighted by molar-refractivity contribution is 5.96. The van der Waals surface area contributed by atoms with Crippen LogP contribution in [0.25, 0.3) is 0 Å². The van der Waals surface area contributed by atoms with Gasteiger partial charge in [0.05, 0.1) is 6.04 Å². The Morgan fingerprint density at radius 3 is 2.57 bits per heavy atom. The van der Waals surface area contributed by atoms with Crippen LogP contribution in [0.4, 0.5) is 4.79 Å². The fourth-order valence-corrected chi connectivity index (χ4v) is 2.93. The predicted octanol–water partition coefficient (Wildman–Crippen LogP) is 0.244. The molecule has 0 aromatic heterocycles. The van der Waals surface area contributed by atoms with Crippen molar-refractivity contribution in [1.82, 2.24) is 10.2 Å². The molecule has 0 aliphatic carbocycles. The van der Waals surface area contributed by atoms with Gasteiger partial charge >= 0.3 is 6.03 Å². The monoisotopic (exact) mass is 290 g/mol. The van der Waals surface area contributed by atoms with Crippen molar-refractivity contribution in [1.29, 1.82) is 0 Å². The number of urea groups is 1. The van der Waals surface area contributed by atoms with Crippen LogP contribution < -0.4 is 16.8 Å². The average Bonchev–Trinajstić information content (AvgIpc) is 2.90. The molecule has 1 aromatic carbocycles. The van der Waals surface area contributed by atoms with Crippen molar-refractivity contribution in [2.24, 2.45) is 17.4 Å². The zero-order valence-electron chi connectivity index (χ0n) is 12.2. The van der Waals surface area contributed by atoms with Crippen LogP contribution in [0.5, 0.6) is 0 Å². The van der Waals surface area contributed by atoms with E-state index in [0.717, 1.165) is 13.1 Å². The van der Waals surface area contributed by atoms with Crippen molar-refractivity contribution >= 4 is 11.9 Å². The second-order valence-corrected chi connectivity index (χ2v) is 5.50. The third-order valence-electron chi connectivity index (χ3n) is 4.17. The van der Waals surface area contributed by atoms with Crippen molar-refractivity contribution in [2.45, 2.75) is 18.9 Å².